The minimum Gasteiger partial charge on any atom is -0.449 e. The minimum atomic E-state index is -0.871. The average Bonchev–Trinajstić information content (AvgIpc) is 3.51. The molecule has 1 heterocycles. The summed E-state index contributed by atoms with van der Waals surface area (Å²) in [4.78, 5) is 29.7. The summed E-state index contributed by atoms with van der Waals surface area (Å²) >= 11 is 6.31. The Balaban J connectivity index is 1.69. The van der Waals surface area contributed by atoms with Crippen molar-refractivity contribution in [1.82, 2.24) is 10.3 Å². The van der Waals surface area contributed by atoms with E-state index in [0.717, 1.165) is 18.4 Å². The smallest absolute Gasteiger partial charge is 0.339 e. The monoisotopic (exact) mass is 394 g/mol. The number of fused-ring (bicyclic) bond motifs is 1. The van der Waals surface area contributed by atoms with Crippen LogP contribution in [-0.4, -0.2) is 29.0 Å². The average molecular weight is 395 g/mol. The number of ether oxygens (including phenoxy) is 1. The van der Waals surface area contributed by atoms with Crippen LogP contribution in [0.5, 0.6) is 0 Å². The van der Waals surface area contributed by atoms with Crippen molar-refractivity contribution in [1.29, 1.82) is 0 Å². The Kier molecular flexibility index (Phi) is 5.01. The standard InChI is InChI=1S/C22H19ClN2O3/c1-13(21(26)24-14-10-11-14)28-22(27)17-12-20(16-7-2-4-8-18(16)23)25-19-9-5-3-6-15(17)19/h2-9,12-14H,10-11H2,1H3,(H,24,26). The first-order valence-corrected chi connectivity index (χ1v) is 9.57. The number of nitrogens with zero attached hydrogens (tertiary/aromatic N) is 1. The Labute approximate surface area is 167 Å². The summed E-state index contributed by atoms with van der Waals surface area (Å²) in [6, 6.07) is 16.5. The van der Waals surface area contributed by atoms with Crippen molar-refractivity contribution >= 4 is 34.4 Å². The van der Waals surface area contributed by atoms with Crippen LogP contribution >= 0.6 is 11.6 Å². The summed E-state index contributed by atoms with van der Waals surface area (Å²) in [5.41, 5.74) is 2.31. The van der Waals surface area contributed by atoms with Crippen molar-refractivity contribution in [2.45, 2.75) is 31.9 Å². The number of para-hydroxylation sites is 1. The number of nitrogens with one attached hydrogen (secondary N) is 1. The zero-order valence-electron chi connectivity index (χ0n) is 15.3. The highest BCUT2D eigenvalue weighted by molar-refractivity contribution is 6.33. The van der Waals surface area contributed by atoms with Crippen molar-refractivity contribution < 1.29 is 14.3 Å². The molecular formula is C22H19ClN2O3. The lowest BCUT2D eigenvalue weighted by Gasteiger charge is -2.15. The molecule has 1 saturated carbocycles. The maximum atomic E-state index is 12.9. The molecule has 6 heteroatoms. The van der Waals surface area contributed by atoms with E-state index in [2.05, 4.69) is 10.3 Å². The summed E-state index contributed by atoms with van der Waals surface area (Å²) < 4.78 is 5.44. The van der Waals surface area contributed by atoms with E-state index in [1.54, 1.807) is 19.1 Å². The molecule has 1 aliphatic carbocycles. The van der Waals surface area contributed by atoms with Gasteiger partial charge in [0.25, 0.3) is 5.91 Å². The lowest BCUT2D eigenvalue weighted by atomic mass is 10.0. The van der Waals surface area contributed by atoms with E-state index >= 15 is 0 Å². The predicted octanol–water partition coefficient (Wildman–Crippen LogP) is 4.38. The van der Waals surface area contributed by atoms with E-state index < -0.39 is 12.1 Å². The van der Waals surface area contributed by atoms with Crippen LogP contribution in [0.4, 0.5) is 0 Å². The first-order chi connectivity index (χ1) is 13.5. The number of hydrogen-bond acceptors (Lipinski definition) is 4. The fourth-order valence-corrected chi connectivity index (χ4v) is 3.21. The van der Waals surface area contributed by atoms with Crippen molar-refractivity contribution in [2.24, 2.45) is 0 Å². The van der Waals surface area contributed by atoms with Crippen molar-refractivity contribution in [3.8, 4) is 11.3 Å². The van der Waals surface area contributed by atoms with Gasteiger partial charge in [-0.1, -0.05) is 48.0 Å². The van der Waals surface area contributed by atoms with Crippen LogP contribution in [0.2, 0.25) is 5.02 Å². The van der Waals surface area contributed by atoms with E-state index in [1.165, 1.54) is 0 Å². The molecule has 5 nitrogen and oxygen atoms in total. The number of carbonyl (C=O) groups is 2. The van der Waals surface area contributed by atoms with Crippen LogP contribution in [0.15, 0.2) is 54.6 Å². The number of hydrogen-bond donors (Lipinski definition) is 1. The molecule has 28 heavy (non-hydrogen) atoms. The van der Waals surface area contributed by atoms with Crippen LogP contribution in [0, 0.1) is 0 Å². The number of halogens is 1. The van der Waals surface area contributed by atoms with Crippen molar-refractivity contribution in [2.75, 3.05) is 0 Å². The molecule has 1 aliphatic rings. The fourth-order valence-electron chi connectivity index (χ4n) is 2.97. The normalized spacial score (nSPS) is 14.5. The molecule has 1 N–H and O–H groups in total. The molecule has 0 bridgehead atoms. The number of rotatable bonds is 5. The third-order valence-electron chi connectivity index (χ3n) is 4.66. The topological polar surface area (TPSA) is 68.3 Å². The van der Waals surface area contributed by atoms with Gasteiger partial charge >= 0.3 is 5.97 Å². The Bertz CT molecular complexity index is 1060. The maximum Gasteiger partial charge on any atom is 0.339 e. The third kappa shape index (κ3) is 3.85. The molecule has 0 saturated heterocycles. The third-order valence-corrected chi connectivity index (χ3v) is 4.99. The molecule has 3 aromatic rings. The largest absolute Gasteiger partial charge is 0.449 e. The van der Waals surface area contributed by atoms with Gasteiger partial charge < -0.3 is 10.1 Å². The molecule has 0 radical (unpaired) electrons. The maximum absolute atomic E-state index is 12.9. The van der Waals surface area contributed by atoms with Gasteiger partial charge in [0.2, 0.25) is 0 Å². The van der Waals surface area contributed by atoms with Gasteiger partial charge in [0.15, 0.2) is 6.10 Å². The molecule has 1 atom stereocenters. The second kappa shape index (κ2) is 7.60. The Morgan fingerprint density at radius 2 is 1.86 bits per heavy atom. The first-order valence-electron chi connectivity index (χ1n) is 9.19. The van der Waals surface area contributed by atoms with Crippen LogP contribution in [0.1, 0.15) is 30.1 Å². The summed E-state index contributed by atoms with van der Waals surface area (Å²) in [5, 5.41) is 4.05. The molecule has 0 aliphatic heterocycles. The number of carbonyl (C=O) groups excluding carboxylic acids is 2. The molecule has 142 valence electrons. The quantitative estimate of drug-likeness (QED) is 0.652. The van der Waals surface area contributed by atoms with Crippen LogP contribution < -0.4 is 5.32 Å². The predicted molar refractivity (Wildman–Crippen MR) is 108 cm³/mol. The number of aromatic nitrogens is 1. The van der Waals surface area contributed by atoms with Gasteiger partial charge in [-0.15, -0.1) is 0 Å². The molecule has 0 spiro atoms. The van der Waals surface area contributed by atoms with Crippen molar-refractivity contribution in [3.05, 3.63) is 65.2 Å². The van der Waals surface area contributed by atoms with Crippen LogP contribution in [0.25, 0.3) is 22.2 Å². The van der Waals surface area contributed by atoms with E-state index in [1.807, 2.05) is 42.5 Å². The number of esters is 1. The summed E-state index contributed by atoms with van der Waals surface area (Å²) in [5.74, 6) is -0.842. The van der Waals surface area contributed by atoms with Gasteiger partial charge in [-0.3, -0.25) is 4.79 Å². The summed E-state index contributed by atoms with van der Waals surface area (Å²) in [6.45, 7) is 1.58. The van der Waals surface area contributed by atoms with Crippen LogP contribution in [0.3, 0.4) is 0 Å². The van der Waals surface area contributed by atoms with Crippen molar-refractivity contribution in [3.63, 3.8) is 0 Å². The van der Waals surface area contributed by atoms with Crippen LogP contribution in [-0.2, 0) is 9.53 Å². The Morgan fingerprint density at radius 3 is 2.61 bits per heavy atom. The van der Waals surface area contributed by atoms with Gasteiger partial charge in [0.05, 0.1) is 16.8 Å². The van der Waals surface area contributed by atoms with Gasteiger partial charge in [-0.25, -0.2) is 9.78 Å². The zero-order valence-corrected chi connectivity index (χ0v) is 16.1. The van der Waals surface area contributed by atoms with Gasteiger partial charge in [0.1, 0.15) is 0 Å². The van der Waals surface area contributed by atoms with E-state index in [0.29, 0.717) is 27.2 Å². The molecular weight excluding hydrogens is 376 g/mol. The molecule has 1 fully saturated rings. The fraction of sp³-hybridized carbons (Fsp3) is 0.227. The van der Waals surface area contributed by atoms with Gasteiger partial charge in [-0.2, -0.15) is 0 Å². The molecule has 1 unspecified atom stereocenters. The second-order valence-corrected chi connectivity index (χ2v) is 7.29. The van der Waals surface area contributed by atoms with E-state index in [-0.39, 0.29) is 11.9 Å². The summed E-state index contributed by atoms with van der Waals surface area (Å²) in [6.07, 6.45) is 1.08. The van der Waals surface area contributed by atoms with Gasteiger partial charge in [0, 0.05) is 22.0 Å². The zero-order chi connectivity index (χ0) is 19.7. The molecule has 1 amide bonds. The highest BCUT2D eigenvalue weighted by atomic mass is 35.5. The number of benzene rings is 2. The second-order valence-electron chi connectivity index (χ2n) is 6.88. The van der Waals surface area contributed by atoms with E-state index in [4.69, 9.17) is 16.3 Å². The summed E-state index contributed by atoms with van der Waals surface area (Å²) in [7, 11) is 0. The van der Waals surface area contributed by atoms with Gasteiger partial charge in [-0.05, 0) is 38.0 Å². The Hall–Kier alpha value is -2.92. The van der Waals surface area contributed by atoms with E-state index in [9.17, 15) is 9.59 Å². The first kappa shape index (κ1) is 18.4. The lowest BCUT2D eigenvalue weighted by Crippen LogP contribution is -2.37. The highest BCUT2D eigenvalue weighted by Gasteiger charge is 2.28. The Morgan fingerprint density at radius 1 is 1.14 bits per heavy atom. The number of pyridine rings is 1. The minimum absolute atomic E-state index is 0.210. The highest BCUT2D eigenvalue weighted by Crippen LogP contribution is 2.30. The molecule has 4 rings (SSSR count). The molecule has 1 aromatic heterocycles. The number of amides is 1. The SMILES string of the molecule is CC(OC(=O)c1cc(-c2ccccc2Cl)nc2ccccc12)C(=O)NC1CC1. The lowest BCUT2D eigenvalue weighted by molar-refractivity contribution is -0.129. The molecule has 2 aromatic carbocycles.